The third-order valence-electron chi connectivity index (χ3n) is 2.62. The average molecular weight is 207 g/mol. The van der Waals surface area contributed by atoms with Crippen LogP contribution in [0.2, 0.25) is 0 Å². The van der Waals surface area contributed by atoms with Crippen molar-refractivity contribution < 1.29 is 0 Å². The highest BCUT2D eigenvalue weighted by atomic mass is 15.2. The molecule has 1 aromatic heterocycles. The van der Waals surface area contributed by atoms with E-state index in [0.29, 0.717) is 12.6 Å². The Balaban J connectivity index is 2.69. The fraction of sp³-hybridized carbons (Fsp3) is 0.583. The first-order valence-corrected chi connectivity index (χ1v) is 5.49. The second-order valence-corrected chi connectivity index (χ2v) is 4.12. The van der Waals surface area contributed by atoms with Crippen molar-refractivity contribution in [3.05, 3.63) is 29.6 Å². The second kappa shape index (κ2) is 5.83. The molecule has 0 aliphatic rings. The molecule has 0 fully saturated rings. The van der Waals surface area contributed by atoms with Gasteiger partial charge in [0.05, 0.1) is 5.69 Å². The molecule has 3 heteroatoms. The summed E-state index contributed by atoms with van der Waals surface area (Å²) in [5.74, 6) is 0. The van der Waals surface area contributed by atoms with Gasteiger partial charge in [0.2, 0.25) is 0 Å². The molecule has 1 heterocycles. The highest BCUT2D eigenvalue weighted by molar-refractivity contribution is 5.17. The van der Waals surface area contributed by atoms with Gasteiger partial charge in [-0.05, 0) is 32.4 Å². The van der Waals surface area contributed by atoms with Gasteiger partial charge in [-0.25, -0.2) is 0 Å². The molecule has 0 saturated heterocycles. The first-order valence-electron chi connectivity index (χ1n) is 5.49. The van der Waals surface area contributed by atoms with E-state index in [1.54, 1.807) is 0 Å². The van der Waals surface area contributed by atoms with Gasteiger partial charge in [0.1, 0.15) is 0 Å². The summed E-state index contributed by atoms with van der Waals surface area (Å²) in [4.78, 5) is 6.74. The van der Waals surface area contributed by atoms with E-state index >= 15 is 0 Å². The van der Waals surface area contributed by atoms with Crippen molar-refractivity contribution in [1.82, 2.24) is 9.88 Å². The first kappa shape index (κ1) is 12.1. The lowest BCUT2D eigenvalue weighted by Gasteiger charge is -2.25. The molecule has 84 valence electrons. The van der Waals surface area contributed by atoms with Crippen LogP contribution in [-0.4, -0.2) is 29.0 Å². The third-order valence-corrected chi connectivity index (χ3v) is 2.62. The molecule has 0 spiro atoms. The molecule has 0 atom stereocenters. The van der Waals surface area contributed by atoms with Gasteiger partial charge in [0, 0.05) is 31.9 Å². The van der Waals surface area contributed by atoms with Crippen LogP contribution in [0.25, 0.3) is 0 Å². The number of rotatable bonds is 5. The maximum atomic E-state index is 5.60. The predicted molar refractivity (Wildman–Crippen MR) is 63.6 cm³/mol. The van der Waals surface area contributed by atoms with Gasteiger partial charge in [-0.2, -0.15) is 0 Å². The van der Waals surface area contributed by atoms with E-state index in [1.807, 2.05) is 12.3 Å². The van der Waals surface area contributed by atoms with Gasteiger partial charge in [0.15, 0.2) is 0 Å². The number of hydrogen-bond donors (Lipinski definition) is 1. The molecule has 15 heavy (non-hydrogen) atoms. The van der Waals surface area contributed by atoms with Crippen LogP contribution >= 0.6 is 0 Å². The van der Waals surface area contributed by atoms with Gasteiger partial charge in [-0.1, -0.05) is 6.07 Å². The quantitative estimate of drug-likeness (QED) is 0.796. The van der Waals surface area contributed by atoms with Crippen LogP contribution in [0.4, 0.5) is 0 Å². The summed E-state index contributed by atoms with van der Waals surface area (Å²) in [5, 5.41) is 0. The van der Waals surface area contributed by atoms with Crippen LogP contribution in [0.1, 0.15) is 25.1 Å². The molecule has 0 aliphatic heterocycles. The van der Waals surface area contributed by atoms with Crippen molar-refractivity contribution in [2.45, 2.75) is 33.4 Å². The zero-order valence-electron chi connectivity index (χ0n) is 9.90. The monoisotopic (exact) mass is 207 g/mol. The highest BCUT2D eigenvalue weighted by Gasteiger charge is 2.10. The van der Waals surface area contributed by atoms with Crippen LogP contribution in [-0.2, 0) is 6.54 Å². The van der Waals surface area contributed by atoms with E-state index < -0.39 is 0 Å². The average Bonchev–Trinajstić information content (AvgIpc) is 2.20. The number of pyridine rings is 1. The molecule has 0 aromatic carbocycles. The SMILES string of the molecule is Cc1cccnc1CN(CCN)C(C)C. The minimum atomic E-state index is 0.509. The Bertz CT molecular complexity index is 297. The smallest absolute Gasteiger partial charge is 0.0573 e. The van der Waals surface area contributed by atoms with E-state index in [1.165, 1.54) is 5.56 Å². The Morgan fingerprint density at radius 1 is 1.47 bits per heavy atom. The van der Waals surface area contributed by atoms with E-state index in [9.17, 15) is 0 Å². The summed E-state index contributed by atoms with van der Waals surface area (Å²) >= 11 is 0. The molecular weight excluding hydrogens is 186 g/mol. The van der Waals surface area contributed by atoms with Crippen LogP contribution < -0.4 is 5.73 Å². The number of nitrogens with zero attached hydrogens (tertiary/aromatic N) is 2. The minimum Gasteiger partial charge on any atom is -0.329 e. The van der Waals surface area contributed by atoms with E-state index in [2.05, 4.69) is 36.7 Å². The number of nitrogens with two attached hydrogens (primary N) is 1. The zero-order chi connectivity index (χ0) is 11.3. The second-order valence-electron chi connectivity index (χ2n) is 4.12. The molecule has 0 radical (unpaired) electrons. The van der Waals surface area contributed by atoms with Gasteiger partial charge < -0.3 is 5.73 Å². The number of hydrogen-bond acceptors (Lipinski definition) is 3. The highest BCUT2D eigenvalue weighted by Crippen LogP contribution is 2.09. The summed E-state index contributed by atoms with van der Waals surface area (Å²) < 4.78 is 0. The normalized spacial score (nSPS) is 11.3. The van der Waals surface area contributed by atoms with E-state index in [-0.39, 0.29) is 0 Å². The van der Waals surface area contributed by atoms with Crippen molar-refractivity contribution in [2.24, 2.45) is 5.73 Å². The van der Waals surface area contributed by atoms with Crippen molar-refractivity contribution >= 4 is 0 Å². The molecule has 0 bridgehead atoms. The molecule has 1 rings (SSSR count). The molecule has 0 saturated carbocycles. The standard InChI is InChI=1S/C12H21N3/c1-10(2)15(8-6-13)9-12-11(3)5-4-7-14-12/h4-5,7,10H,6,8-9,13H2,1-3H3. The fourth-order valence-electron chi connectivity index (χ4n) is 1.56. The van der Waals surface area contributed by atoms with Crippen LogP contribution in [0, 0.1) is 6.92 Å². The van der Waals surface area contributed by atoms with Gasteiger partial charge in [-0.15, -0.1) is 0 Å². The lowest BCUT2D eigenvalue weighted by molar-refractivity contribution is 0.216. The Kier molecular flexibility index (Phi) is 4.72. The van der Waals surface area contributed by atoms with Crippen LogP contribution in [0.5, 0.6) is 0 Å². The largest absolute Gasteiger partial charge is 0.329 e. The summed E-state index contributed by atoms with van der Waals surface area (Å²) in [6.45, 7) is 8.99. The Morgan fingerprint density at radius 3 is 2.73 bits per heavy atom. The summed E-state index contributed by atoms with van der Waals surface area (Å²) in [7, 11) is 0. The van der Waals surface area contributed by atoms with Crippen molar-refractivity contribution in [2.75, 3.05) is 13.1 Å². The Hall–Kier alpha value is -0.930. The van der Waals surface area contributed by atoms with Gasteiger partial charge >= 0.3 is 0 Å². The lowest BCUT2D eigenvalue weighted by atomic mass is 10.2. The first-order chi connectivity index (χ1) is 7.15. The lowest BCUT2D eigenvalue weighted by Crippen LogP contribution is -2.35. The predicted octanol–water partition coefficient (Wildman–Crippen LogP) is 1.56. The molecule has 0 unspecified atom stereocenters. The van der Waals surface area contributed by atoms with Gasteiger partial charge in [0.25, 0.3) is 0 Å². The molecule has 0 aliphatic carbocycles. The van der Waals surface area contributed by atoms with Gasteiger partial charge in [-0.3, -0.25) is 9.88 Å². The summed E-state index contributed by atoms with van der Waals surface area (Å²) in [6.07, 6.45) is 1.85. The topological polar surface area (TPSA) is 42.2 Å². The number of aryl methyl sites for hydroxylation is 1. The van der Waals surface area contributed by atoms with Crippen LogP contribution in [0.3, 0.4) is 0 Å². The Morgan fingerprint density at radius 2 is 2.20 bits per heavy atom. The maximum Gasteiger partial charge on any atom is 0.0573 e. The zero-order valence-corrected chi connectivity index (χ0v) is 9.90. The summed E-state index contributed by atoms with van der Waals surface area (Å²) in [6, 6.07) is 4.58. The fourth-order valence-corrected chi connectivity index (χ4v) is 1.56. The molecule has 0 amide bonds. The summed E-state index contributed by atoms with van der Waals surface area (Å²) in [5.41, 5.74) is 8.00. The number of aromatic nitrogens is 1. The Labute approximate surface area is 92.3 Å². The maximum absolute atomic E-state index is 5.60. The van der Waals surface area contributed by atoms with Crippen molar-refractivity contribution in [3.63, 3.8) is 0 Å². The van der Waals surface area contributed by atoms with Crippen molar-refractivity contribution in [1.29, 1.82) is 0 Å². The molecule has 1 aromatic rings. The van der Waals surface area contributed by atoms with E-state index in [0.717, 1.165) is 18.8 Å². The molecular formula is C12H21N3. The molecule has 3 nitrogen and oxygen atoms in total. The van der Waals surface area contributed by atoms with E-state index in [4.69, 9.17) is 5.73 Å². The van der Waals surface area contributed by atoms with Crippen molar-refractivity contribution in [3.8, 4) is 0 Å². The molecule has 2 N–H and O–H groups in total. The van der Waals surface area contributed by atoms with Crippen LogP contribution in [0.15, 0.2) is 18.3 Å². The minimum absolute atomic E-state index is 0.509. The third kappa shape index (κ3) is 3.61.